The predicted octanol–water partition coefficient (Wildman–Crippen LogP) is 2.40. The molecule has 108 valence electrons. The highest BCUT2D eigenvalue weighted by Gasteiger charge is 2.03. The van der Waals surface area contributed by atoms with Crippen LogP contribution in [-0.2, 0) is 4.74 Å². The van der Waals surface area contributed by atoms with E-state index in [-0.39, 0.29) is 0 Å². The molecule has 0 fully saturated rings. The zero-order chi connectivity index (χ0) is 13.9. The fourth-order valence-electron chi connectivity index (χ4n) is 1.73. The van der Waals surface area contributed by atoms with Gasteiger partial charge in [0, 0.05) is 13.7 Å². The molecule has 0 aliphatic carbocycles. The third-order valence-electron chi connectivity index (χ3n) is 2.81. The molecular weight excluding hydrogens is 242 g/mol. The monoisotopic (exact) mass is 267 g/mol. The molecule has 0 aromatic heterocycles. The van der Waals surface area contributed by atoms with Crippen LogP contribution in [0.15, 0.2) is 18.2 Å². The Bertz CT molecular complexity index is 355. The molecular formula is C15H25NO3. The van der Waals surface area contributed by atoms with Gasteiger partial charge in [-0.3, -0.25) is 0 Å². The Kier molecular flexibility index (Phi) is 8.02. The SMILES string of the molecule is COCCNCCCCOc1ccc(C)cc1OC. The van der Waals surface area contributed by atoms with Gasteiger partial charge in [0.05, 0.1) is 20.3 Å². The van der Waals surface area contributed by atoms with Gasteiger partial charge in [-0.15, -0.1) is 0 Å². The van der Waals surface area contributed by atoms with E-state index in [9.17, 15) is 0 Å². The number of methoxy groups -OCH3 is 2. The highest BCUT2D eigenvalue weighted by atomic mass is 16.5. The topological polar surface area (TPSA) is 39.7 Å². The molecule has 0 aliphatic rings. The first-order valence-corrected chi connectivity index (χ1v) is 6.75. The lowest BCUT2D eigenvalue weighted by atomic mass is 10.2. The van der Waals surface area contributed by atoms with Crippen LogP contribution in [-0.4, -0.2) is 40.5 Å². The van der Waals surface area contributed by atoms with Gasteiger partial charge in [-0.05, 0) is 44.0 Å². The minimum absolute atomic E-state index is 0.714. The normalized spacial score (nSPS) is 10.5. The van der Waals surface area contributed by atoms with Crippen LogP contribution >= 0.6 is 0 Å². The molecule has 0 unspecified atom stereocenters. The summed E-state index contributed by atoms with van der Waals surface area (Å²) in [5, 5.41) is 3.31. The number of hydrogen-bond donors (Lipinski definition) is 1. The second-order valence-electron chi connectivity index (χ2n) is 4.45. The van der Waals surface area contributed by atoms with E-state index in [0.29, 0.717) is 6.61 Å². The first kappa shape index (κ1) is 15.8. The van der Waals surface area contributed by atoms with Crippen molar-refractivity contribution in [1.29, 1.82) is 0 Å². The summed E-state index contributed by atoms with van der Waals surface area (Å²) in [6.45, 7) is 5.42. The minimum atomic E-state index is 0.714. The second kappa shape index (κ2) is 9.64. The number of rotatable bonds is 10. The van der Waals surface area contributed by atoms with Crippen molar-refractivity contribution in [2.45, 2.75) is 19.8 Å². The molecule has 0 spiro atoms. The minimum Gasteiger partial charge on any atom is -0.493 e. The molecule has 4 heteroatoms. The smallest absolute Gasteiger partial charge is 0.161 e. The fourth-order valence-corrected chi connectivity index (χ4v) is 1.73. The molecule has 0 radical (unpaired) electrons. The van der Waals surface area contributed by atoms with Gasteiger partial charge in [-0.25, -0.2) is 0 Å². The van der Waals surface area contributed by atoms with Gasteiger partial charge in [0.1, 0.15) is 0 Å². The average Bonchev–Trinajstić information content (AvgIpc) is 2.43. The molecule has 0 bridgehead atoms. The van der Waals surface area contributed by atoms with Crippen molar-refractivity contribution in [3.8, 4) is 11.5 Å². The maximum absolute atomic E-state index is 5.73. The van der Waals surface area contributed by atoms with Gasteiger partial charge in [-0.2, -0.15) is 0 Å². The van der Waals surface area contributed by atoms with Crippen LogP contribution in [0.3, 0.4) is 0 Å². The third kappa shape index (κ3) is 6.45. The summed E-state index contributed by atoms with van der Waals surface area (Å²) in [5.41, 5.74) is 1.17. The quantitative estimate of drug-likeness (QED) is 0.661. The molecule has 1 aromatic carbocycles. The number of benzene rings is 1. The van der Waals surface area contributed by atoms with E-state index < -0.39 is 0 Å². The zero-order valence-corrected chi connectivity index (χ0v) is 12.2. The molecule has 1 N–H and O–H groups in total. The summed E-state index contributed by atoms with van der Waals surface area (Å²) in [6, 6.07) is 5.98. The zero-order valence-electron chi connectivity index (χ0n) is 12.2. The Balaban J connectivity index is 2.15. The number of nitrogens with one attached hydrogen (secondary N) is 1. The first-order valence-electron chi connectivity index (χ1n) is 6.75. The number of ether oxygens (including phenoxy) is 3. The maximum Gasteiger partial charge on any atom is 0.161 e. The Morgan fingerprint density at radius 1 is 1.00 bits per heavy atom. The van der Waals surface area contributed by atoms with E-state index >= 15 is 0 Å². The molecule has 0 amide bonds. The standard InChI is InChI=1S/C15H25NO3/c1-13-6-7-14(15(12-13)18-3)19-10-5-4-8-16-9-11-17-2/h6-7,12,16H,4-5,8-11H2,1-3H3. The van der Waals surface area contributed by atoms with Gasteiger partial charge in [0.2, 0.25) is 0 Å². The summed E-state index contributed by atoms with van der Waals surface area (Å²) in [4.78, 5) is 0. The first-order chi connectivity index (χ1) is 9.27. The van der Waals surface area contributed by atoms with Crippen LogP contribution in [0.5, 0.6) is 11.5 Å². The summed E-state index contributed by atoms with van der Waals surface area (Å²) < 4.78 is 16.0. The molecule has 0 saturated heterocycles. The second-order valence-corrected chi connectivity index (χ2v) is 4.45. The summed E-state index contributed by atoms with van der Waals surface area (Å²) >= 11 is 0. The number of aryl methyl sites for hydroxylation is 1. The average molecular weight is 267 g/mol. The molecule has 0 saturated carbocycles. The van der Waals surface area contributed by atoms with Crippen molar-refractivity contribution >= 4 is 0 Å². The van der Waals surface area contributed by atoms with Crippen LogP contribution < -0.4 is 14.8 Å². The van der Waals surface area contributed by atoms with Crippen LogP contribution in [0.1, 0.15) is 18.4 Å². The molecule has 4 nitrogen and oxygen atoms in total. The summed E-state index contributed by atoms with van der Waals surface area (Å²) in [7, 11) is 3.38. The summed E-state index contributed by atoms with van der Waals surface area (Å²) in [6.07, 6.45) is 2.12. The lowest BCUT2D eigenvalue weighted by Gasteiger charge is -2.11. The lowest BCUT2D eigenvalue weighted by molar-refractivity contribution is 0.199. The van der Waals surface area contributed by atoms with E-state index in [0.717, 1.165) is 44.0 Å². The molecule has 1 aromatic rings. The van der Waals surface area contributed by atoms with Crippen molar-refractivity contribution in [2.24, 2.45) is 0 Å². The number of unbranched alkanes of at least 4 members (excludes halogenated alkanes) is 1. The van der Waals surface area contributed by atoms with Crippen LogP contribution in [0, 0.1) is 6.92 Å². The van der Waals surface area contributed by atoms with Gasteiger partial charge in [-0.1, -0.05) is 6.07 Å². The van der Waals surface area contributed by atoms with Crippen LogP contribution in [0.25, 0.3) is 0 Å². The van der Waals surface area contributed by atoms with E-state index in [4.69, 9.17) is 14.2 Å². The van der Waals surface area contributed by atoms with Crippen molar-refractivity contribution in [3.63, 3.8) is 0 Å². The van der Waals surface area contributed by atoms with E-state index in [2.05, 4.69) is 5.32 Å². The Morgan fingerprint density at radius 3 is 2.58 bits per heavy atom. The Hall–Kier alpha value is -1.26. The molecule has 0 heterocycles. The predicted molar refractivity (Wildman–Crippen MR) is 77.2 cm³/mol. The largest absolute Gasteiger partial charge is 0.493 e. The molecule has 1 rings (SSSR count). The van der Waals surface area contributed by atoms with Crippen molar-refractivity contribution in [3.05, 3.63) is 23.8 Å². The lowest BCUT2D eigenvalue weighted by Crippen LogP contribution is -2.20. The molecule has 19 heavy (non-hydrogen) atoms. The maximum atomic E-state index is 5.73. The molecule has 0 aliphatic heterocycles. The Labute approximate surface area is 116 Å². The summed E-state index contributed by atoms with van der Waals surface area (Å²) in [5.74, 6) is 1.62. The van der Waals surface area contributed by atoms with Gasteiger partial charge in [0.15, 0.2) is 11.5 Å². The van der Waals surface area contributed by atoms with E-state index in [1.54, 1.807) is 14.2 Å². The Morgan fingerprint density at radius 2 is 1.84 bits per heavy atom. The highest BCUT2D eigenvalue weighted by Crippen LogP contribution is 2.27. The molecule has 0 atom stereocenters. The van der Waals surface area contributed by atoms with E-state index in [1.807, 2.05) is 25.1 Å². The van der Waals surface area contributed by atoms with Gasteiger partial charge >= 0.3 is 0 Å². The highest BCUT2D eigenvalue weighted by molar-refractivity contribution is 5.42. The third-order valence-corrected chi connectivity index (χ3v) is 2.81. The van der Waals surface area contributed by atoms with Crippen molar-refractivity contribution < 1.29 is 14.2 Å². The van der Waals surface area contributed by atoms with Gasteiger partial charge < -0.3 is 19.5 Å². The van der Waals surface area contributed by atoms with Gasteiger partial charge in [0.25, 0.3) is 0 Å². The fraction of sp³-hybridized carbons (Fsp3) is 0.600. The van der Waals surface area contributed by atoms with E-state index in [1.165, 1.54) is 5.56 Å². The van der Waals surface area contributed by atoms with Crippen molar-refractivity contribution in [2.75, 3.05) is 40.5 Å². The number of hydrogen-bond acceptors (Lipinski definition) is 4. The van der Waals surface area contributed by atoms with Crippen LogP contribution in [0.4, 0.5) is 0 Å². The van der Waals surface area contributed by atoms with Crippen LogP contribution in [0.2, 0.25) is 0 Å². The van der Waals surface area contributed by atoms with Crippen molar-refractivity contribution in [1.82, 2.24) is 5.32 Å².